The largest absolute Gasteiger partial charge is 0.456 e. The maximum absolute atomic E-state index is 6.21. The molecule has 0 saturated heterocycles. The topological polar surface area (TPSA) is 21.3 Å². The van der Waals surface area contributed by atoms with Crippen LogP contribution in [0.25, 0.3) is 82.8 Å². The number of benzene rings is 9. The summed E-state index contributed by atoms with van der Waals surface area (Å²) in [5, 5.41) is 4.67. The average molecular weight is 769 g/mol. The molecule has 0 amide bonds. The van der Waals surface area contributed by atoms with Gasteiger partial charge in [0.1, 0.15) is 11.2 Å². The molecule has 0 bridgehead atoms. The quantitative estimate of drug-likeness (QED) is 0.168. The molecule has 0 fully saturated rings. The first kappa shape index (κ1) is 34.4. The second-order valence-electron chi connectivity index (χ2n) is 16.6. The van der Waals surface area contributed by atoms with E-state index in [-0.39, 0.29) is 5.41 Å². The molecule has 60 heavy (non-hydrogen) atoms. The van der Waals surface area contributed by atoms with E-state index in [1.54, 1.807) is 0 Å². The van der Waals surface area contributed by atoms with E-state index in [0.29, 0.717) is 0 Å². The molecule has 1 aliphatic carbocycles. The summed E-state index contributed by atoms with van der Waals surface area (Å²) in [6.45, 7) is 4.71. The first-order chi connectivity index (χ1) is 29.5. The number of aromatic nitrogens is 1. The van der Waals surface area contributed by atoms with E-state index in [4.69, 9.17) is 4.42 Å². The number of rotatable bonds is 6. The Bertz CT molecular complexity index is 3450. The predicted octanol–water partition coefficient (Wildman–Crippen LogP) is 15.8. The molecule has 2 heterocycles. The van der Waals surface area contributed by atoms with Crippen molar-refractivity contribution in [3.63, 3.8) is 0 Å². The lowest BCUT2D eigenvalue weighted by atomic mass is 9.82. The zero-order chi connectivity index (χ0) is 40.0. The zero-order valence-corrected chi connectivity index (χ0v) is 33.4. The molecule has 0 spiro atoms. The van der Waals surface area contributed by atoms with Gasteiger partial charge in [-0.05, 0) is 129 Å². The first-order valence-electron chi connectivity index (χ1n) is 20.7. The Morgan fingerprint density at radius 1 is 0.383 bits per heavy atom. The van der Waals surface area contributed by atoms with Crippen LogP contribution in [0.2, 0.25) is 0 Å². The molecule has 3 nitrogen and oxygen atoms in total. The molecule has 12 rings (SSSR count). The van der Waals surface area contributed by atoms with E-state index in [1.165, 1.54) is 60.8 Å². The summed E-state index contributed by atoms with van der Waals surface area (Å²) >= 11 is 0. The zero-order valence-electron chi connectivity index (χ0n) is 33.4. The number of hydrogen-bond acceptors (Lipinski definition) is 2. The number of para-hydroxylation sites is 2. The monoisotopic (exact) mass is 768 g/mol. The fourth-order valence-electron chi connectivity index (χ4n) is 9.80. The normalized spacial score (nSPS) is 13.0. The highest BCUT2D eigenvalue weighted by molar-refractivity contribution is 6.12. The summed E-state index contributed by atoms with van der Waals surface area (Å²) in [6, 6.07) is 75.1. The van der Waals surface area contributed by atoms with Crippen LogP contribution < -0.4 is 4.90 Å². The SMILES string of the molecule is CC1(C)c2ccccc2-c2ccc(N(c3ccc(-c4ccccc4)cc3)c3ccc4c(c3)c3cc(-c5ccc6oc7ccccc7c6c5)ccc3n4-c3ccccc3)cc21. The van der Waals surface area contributed by atoms with Gasteiger partial charge in [0.15, 0.2) is 0 Å². The van der Waals surface area contributed by atoms with Crippen molar-refractivity contribution in [2.24, 2.45) is 0 Å². The number of fused-ring (bicyclic) bond motifs is 9. The molecule has 2 aromatic heterocycles. The molecule has 11 aromatic rings. The summed E-state index contributed by atoms with van der Waals surface area (Å²) in [4.78, 5) is 2.43. The molecule has 0 atom stereocenters. The van der Waals surface area contributed by atoms with Gasteiger partial charge in [-0.25, -0.2) is 0 Å². The number of hydrogen-bond donors (Lipinski definition) is 0. The van der Waals surface area contributed by atoms with E-state index in [2.05, 4.69) is 217 Å². The Hall–Kier alpha value is -7.62. The van der Waals surface area contributed by atoms with Crippen molar-refractivity contribution >= 4 is 60.8 Å². The summed E-state index contributed by atoms with van der Waals surface area (Å²) in [6.07, 6.45) is 0. The van der Waals surface area contributed by atoms with Gasteiger partial charge in [0, 0.05) is 49.7 Å². The van der Waals surface area contributed by atoms with Crippen LogP contribution in [-0.4, -0.2) is 4.57 Å². The Morgan fingerprint density at radius 2 is 0.933 bits per heavy atom. The number of nitrogens with zero attached hydrogens (tertiary/aromatic N) is 2. The third kappa shape index (κ3) is 5.29. The van der Waals surface area contributed by atoms with E-state index in [9.17, 15) is 0 Å². The van der Waals surface area contributed by atoms with Crippen LogP contribution in [0.3, 0.4) is 0 Å². The number of anilines is 3. The van der Waals surface area contributed by atoms with E-state index >= 15 is 0 Å². The van der Waals surface area contributed by atoms with E-state index < -0.39 is 0 Å². The van der Waals surface area contributed by atoms with Gasteiger partial charge in [-0.1, -0.05) is 135 Å². The Balaban J connectivity index is 1.07. The van der Waals surface area contributed by atoms with Crippen molar-refractivity contribution in [2.45, 2.75) is 19.3 Å². The van der Waals surface area contributed by atoms with Crippen LogP contribution >= 0.6 is 0 Å². The lowest BCUT2D eigenvalue weighted by molar-refractivity contribution is 0.660. The van der Waals surface area contributed by atoms with Crippen molar-refractivity contribution in [3.05, 3.63) is 217 Å². The molecule has 9 aromatic carbocycles. The van der Waals surface area contributed by atoms with Gasteiger partial charge in [-0.3, -0.25) is 0 Å². The van der Waals surface area contributed by atoms with E-state index in [1.807, 2.05) is 12.1 Å². The van der Waals surface area contributed by atoms with Crippen molar-refractivity contribution in [1.29, 1.82) is 0 Å². The molecule has 0 aliphatic heterocycles. The van der Waals surface area contributed by atoms with Crippen LogP contribution in [0, 0.1) is 0 Å². The fraction of sp³-hybridized carbons (Fsp3) is 0.0526. The molecule has 3 heteroatoms. The summed E-state index contributed by atoms with van der Waals surface area (Å²) in [7, 11) is 0. The summed E-state index contributed by atoms with van der Waals surface area (Å²) in [5.74, 6) is 0. The molecule has 0 unspecified atom stereocenters. The average Bonchev–Trinajstić information content (AvgIpc) is 3.92. The van der Waals surface area contributed by atoms with Gasteiger partial charge in [0.05, 0.1) is 11.0 Å². The molecular weight excluding hydrogens is 729 g/mol. The fourth-order valence-corrected chi connectivity index (χ4v) is 9.80. The second kappa shape index (κ2) is 13.2. The highest BCUT2D eigenvalue weighted by atomic mass is 16.3. The van der Waals surface area contributed by atoms with Crippen LogP contribution in [0.4, 0.5) is 17.1 Å². The minimum Gasteiger partial charge on any atom is -0.456 e. The summed E-state index contributed by atoms with van der Waals surface area (Å²) in [5.41, 5.74) is 18.6. The maximum Gasteiger partial charge on any atom is 0.135 e. The maximum atomic E-state index is 6.21. The van der Waals surface area contributed by atoms with Crippen LogP contribution in [0.1, 0.15) is 25.0 Å². The Morgan fingerprint density at radius 3 is 1.75 bits per heavy atom. The standard InChI is InChI=1S/C57H40N2O/c1-57(2)51-19-11-9-17-45(51)46-29-27-44(36-52(46)57)58(42-25-21-38(22-26-42)37-13-5-3-6-14-37)43-28-31-54-49(35-43)48-33-39(23-30-53(48)59(54)41-15-7-4-8-16-41)40-24-32-56-50(34-40)47-18-10-12-20-55(47)60-56/h3-36H,1-2H3. The first-order valence-corrected chi connectivity index (χ1v) is 20.7. The lowest BCUT2D eigenvalue weighted by Crippen LogP contribution is -2.16. The highest BCUT2D eigenvalue weighted by Crippen LogP contribution is 2.51. The second-order valence-corrected chi connectivity index (χ2v) is 16.6. The summed E-state index contributed by atoms with van der Waals surface area (Å²) < 4.78 is 8.61. The smallest absolute Gasteiger partial charge is 0.135 e. The van der Waals surface area contributed by atoms with Gasteiger partial charge in [0.2, 0.25) is 0 Å². The third-order valence-corrected chi connectivity index (χ3v) is 12.8. The Labute approximate surface area is 349 Å². The lowest BCUT2D eigenvalue weighted by Gasteiger charge is -2.28. The van der Waals surface area contributed by atoms with Gasteiger partial charge in [-0.2, -0.15) is 0 Å². The van der Waals surface area contributed by atoms with Crippen molar-refractivity contribution < 1.29 is 4.42 Å². The molecule has 0 saturated carbocycles. The number of furan rings is 1. The Kier molecular flexibility index (Phi) is 7.58. The molecule has 284 valence electrons. The van der Waals surface area contributed by atoms with Crippen LogP contribution in [0.15, 0.2) is 211 Å². The van der Waals surface area contributed by atoms with Gasteiger partial charge < -0.3 is 13.9 Å². The van der Waals surface area contributed by atoms with Gasteiger partial charge in [0.25, 0.3) is 0 Å². The van der Waals surface area contributed by atoms with Crippen LogP contribution in [0.5, 0.6) is 0 Å². The molecular formula is C57H40N2O. The molecule has 0 N–H and O–H groups in total. The highest BCUT2D eigenvalue weighted by Gasteiger charge is 2.35. The van der Waals surface area contributed by atoms with Gasteiger partial charge >= 0.3 is 0 Å². The van der Waals surface area contributed by atoms with Crippen molar-refractivity contribution in [1.82, 2.24) is 4.57 Å². The van der Waals surface area contributed by atoms with Crippen molar-refractivity contribution in [2.75, 3.05) is 4.90 Å². The van der Waals surface area contributed by atoms with E-state index in [0.717, 1.165) is 50.3 Å². The third-order valence-electron chi connectivity index (χ3n) is 12.8. The van der Waals surface area contributed by atoms with Crippen LogP contribution in [-0.2, 0) is 5.41 Å². The minimum absolute atomic E-state index is 0.125. The molecule has 1 aliphatic rings. The van der Waals surface area contributed by atoms with Gasteiger partial charge in [-0.15, -0.1) is 0 Å². The minimum atomic E-state index is -0.125. The van der Waals surface area contributed by atoms with Crippen molar-refractivity contribution in [3.8, 4) is 39.1 Å². The molecule has 0 radical (unpaired) electrons. The predicted molar refractivity (Wildman–Crippen MR) is 251 cm³/mol.